The number of nitro benzene ring substituents is 1. The zero-order chi connectivity index (χ0) is 14.5. The van der Waals surface area contributed by atoms with Crippen LogP contribution in [0.4, 0.5) is 11.4 Å². The van der Waals surface area contributed by atoms with Gasteiger partial charge in [-0.2, -0.15) is 0 Å². The van der Waals surface area contributed by atoms with Crippen molar-refractivity contribution in [1.29, 1.82) is 0 Å². The lowest BCUT2D eigenvalue weighted by molar-refractivity contribution is -0.384. The van der Waals surface area contributed by atoms with Crippen molar-refractivity contribution >= 4 is 17.3 Å². The first-order valence-electron chi connectivity index (χ1n) is 6.95. The van der Waals surface area contributed by atoms with E-state index in [4.69, 9.17) is 0 Å². The fourth-order valence-electron chi connectivity index (χ4n) is 2.50. The minimum Gasteiger partial charge on any atom is -0.380 e. The molecule has 1 saturated carbocycles. The molecule has 0 unspecified atom stereocenters. The van der Waals surface area contributed by atoms with E-state index in [-0.39, 0.29) is 17.6 Å². The molecule has 0 saturated heterocycles. The molecule has 0 atom stereocenters. The zero-order valence-electron chi connectivity index (χ0n) is 11.5. The molecule has 1 fully saturated rings. The van der Waals surface area contributed by atoms with Gasteiger partial charge in [-0.25, -0.2) is 0 Å². The van der Waals surface area contributed by atoms with Gasteiger partial charge in [-0.1, -0.05) is 12.8 Å². The van der Waals surface area contributed by atoms with Crippen LogP contribution in [0.15, 0.2) is 18.2 Å². The number of carbonyl (C=O) groups is 1. The molecule has 1 amide bonds. The Kier molecular flexibility index (Phi) is 4.55. The summed E-state index contributed by atoms with van der Waals surface area (Å²) in [5.74, 6) is -0.233. The minimum absolute atomic E-state index is 0.0640. The molecule has 6 heteroatoms. The normalized spacial score (nSPS) is 15.1. The van der Waals surface area contributed by atoms with Gasteiger partial charge in [-0.15, -0.1) is 0 Å². The summed E-state index contributed by atoms with van der Waals surface area (Å²) in [6.07, 6.45) is 4.24. The Balaban J connectivity index is 2.16. The average molecular weight is 277 g/mol. The van der Waals surface area contributed by atoms with Gasteiger partial charge in [0.25, 0.3) is 11.6 Å². The van der Waals surface area contributed by atoms with Crippen LogP contribution in [0.25, 0.3) is 0 Å². The molecular formula is C14H19N3O3. The molecule has 2 rings (SSSR count). The van der Waals surface area contributed by atoms with E-state index in [9.17, 15) is 14.9 Å². The molecule has 1 aromatic carbocycles. The summed E-state index contributed by atoms with van der Waals surface area (Å²) in [6, 6.07) is 4.75. The SMILES string of the molecule is CCNc1ccc(C(=O)NC2CCCC2)cc1[N+](=O)[O-]. The smallest absolute Gasteiger partial charge is 0.293 e. The van der Waals surface area contributed by atoms with E-state index in [0.29, 0.717) is 17.8 Å². The second-order valence-corrected chi connectivity index (χ2v) is 4.97. The predicted octanol–water partition coefficient (Wildman–Crippen LogP) is 2.70. The molecule has 0 aromatic heterocycles. The number of hydrogen-bond acceptors (Lipinski definition) is 4. The molecule has 108 valence electrons. The van der Waals surface area contributed by atoms with Crippen molar-refractivity contribution in [2.24, 2.45) is 0 Å². The monoisotopic (exact) mass is 277 g/mol. The summed E-state index contributed by atoms with van der Waals surface area (Å²) >= 11 is 0. The van der Waals surface area contributed by atoms with Gasteiger partial charge in [-0.3, -0.25) is 14.9 Å². The van der Waals surface area contributed by atoms with Crippen LogP contribution in [0.3, 0.4) is 0 Å². The molecule has 1 aliphatic rings. The quantitative estimate of drug-likeness (QED) is 0.640. The van der Waals surface area contributed by atoms with Gasteiger partial charge in [-0.05, 0) is 31.9 Å². The summed E-state index contributed by atoms with van der Waals surface area (Å²) in [7, 11) is 0. The fraction of sp³-hybridized carbons (Fsp3) is 0.500. The third kappa shape index (κ3) is 3.26. The molecule has 1 aromatic rings. The number of nitrogens with one attached hydrogen (secondary N) is 2. The number of nitrogens with zero attached hydrogens (tertiary/aromatic N) is 1. The number of nitro groups is 1. The van der Waals surface area contributed by atoms with Crippen LogP contribution in [0, 0.1) is 10.1 Å². The van der Waals surface area contributed by atoms with Crippen LogP contribution in [0.2, 0.25) is 0 Å². The van der Waals surface area contributed by atoms with E-state index < -0.39 is 4.92 Å². The zero-order valence-corrected chi connectivity index (χ0v) is 11.5. The standard InChI is InChI=1S/C14H19N3O3/c1-2-15-12-8-7-10(9-13(12)17(19)20)14(18)16-11-5-3-4-6-11/h7-9,11,15H,2-6H2,1H3,(H,16,18). The number of hydrogen-bond donors (Lipinski definition) is 2. The van der Waals surface area contributed by atoms with E-state index in [1.807, 2.05) is 6.92 Å². The second-order valence-electron chi connectivity index (χ2n) is 4.97. The molecular weight excluding hydrogens is 258 g/mol. The van der Waals surface area contributed by atoms with Gasteiger partial charge in [0.2, 0.25) is 0 Å². The first-order valence-corrected chi connectivity index (χ1v) is 6.95. The van der Waals surface area contributed by atoms with Gasteiger partial charge in [0.15, 0.2) is 0 Å². The van der Waals surface area contributed by atoms with Crippen molar-refractivity contribution in [2.75, 3.05) is 11.9 Å². The van der Waals surface area contributed by atoms with E-state index in [2.05, 4.69) is 10.6 Å². The van der Waals surface area contributed by atoms with E-state index in [1.165, 1.54) is 6.07 Å². The van der Waals surface area contributed by atoms with E-state index >= 15 is 0 Å². The Bertz CT molecular complexity index is 510. The van der Waals surface area contributed by atoms with Crippen LogP contribution in [0.5, 0.6) is 0 Å². The number of rotatable bonds is 5. The molecule has 20 heavy (non-hydrogen) atoms. The third-order valence-electron chi connectivity index (χ3n) is 3.51. The number of carbonyl (C=O) groups excluding carboxylic acids is 1. The summed E-state index contributed by atoms with van der Waals surface area (Å²) in [5.41, 5.74) is 0.714. The first-order chi connectivity index (χ1) is 9.61. The lowest BCUT2D eigenvalue weighted by Crippen LogP contribution is -2.32. The Morgan fingerprint density at radius 1 is 1.40 bits per heavy atom. The number of benzene rings is 1. The molecule has 2 N–H and O–H groups in total. The highest BCUT2D eigenvalue weighted by Gasteiger charge is 2.21. The number of amides is 1. The van der Waals surface area contributed by atoms with Gasteiger partial charge in [0, 0.05) is 24.2 Å². The van der Waals surface area contributed by atoms with Crippen LogP contribution in [-0.4, -0.2) is 23.4 Å². The molecule has 0 bridgehead atoms. The summed E-state index contributed by atoms with van der Waals surface area (Å²) < 4.78 is 0. The Morgan fingerprint density at radius 2 is 2.10 bits per heavy atom. The van der Waals surface area contributed by atoms with Crippen LogP contribution >= 0.6 is 0 Å². The molecule has 1 aliphatic carbocycles. The third-order valence-corrected chi connectivity index (χ3v) is 3.51. The maximum absolute atomic E-state index is 12.1. The predicted molar refractivity (Wildman–Crippen MR) is 77.0 cm³/mol. The topological polar surface area (TPSA) is 84.3 Å². The van der Waals surface area contributed by atoms with Crippen LogP contribution in [-0.2, 0) is 0 Å². The Hall–Kier alpha value is -2.11. The Labute approximate surface area is 117 Å². The maximum Gasteiger partial charge on any atom is 0.293 e. The largest absolute Gasteiger partial charge is 0.380 e. The Morgan fingerprint density at radius 3 is 2.70 bits per heavy atom. The summed E-state index contributed by atoms with van der Waals surface area (Å²) in [6.45, 7) is 2.46. The summed E-state index contributed by atoms with van der Waals surface area (Å²) in [5, 5.41) is 16.9. The maximum atomic E-state index is 12.1. The van der Waals surface area contributed by atoms with Crippen molar-refractivity contribution in [3.8, 4) is 0 Å². The molecule has 6 nitrogen and oxygen atoms in total. The highest BCUT2D eigenvalue weighted by molar-refractivity contribution is 5.95. The van der Waals surface area contributed by atoms with Crippen molar-refractivity contribution in [3.05, 3.63) is 33.9 Å². The van der Waals surface area contributed by atoms with Crippen LogP contribution in [0.1, 0.15) is 43.0 Å². The molecule has 0 aliphatic heterocycles. The van der Waals surface area contributed by atoms with Gasteiger partial charge in [0.1, 0.15) is 5.69 Å². The van der Waals surface area contributed by atoms with Crippen molar-refractivity contribution < 1.29 is 9.72 Å². The average Bonchev–Trinajstić information content (AvgIpc) is 2.92. The van der Waals surface area contributed by atoms with E-state index in [1.54, 1.807) is 12.1 Å². The lowest BCUT2D eigenvalue weighted by Gasteiger charge is -2.12. The first kappa shape index (κ1) is 14.3. The molecule has 0 spiro atoms. The minimum atomic E-state index is -0.468. The molecule has 0 heterocycles. The van der Waals surface area contributed by atoms with Crippen molar-refractivity contribution in [1.82, 2.24) is 5.32 Å². The fourth-order valence-corrected chi connectivity index (χ4v) is 2.50. The molecule has 0 radical (unpaired) electrons. The lowest BCUT2D eigenvalue weighted by atomic mass is 10.1. The van der Waals surface area contributed by atoms with Crippen molar-refractivity contribution in [2.45, 2.75) is 38.6 Å². The number of anilines is 1. The highest BCUT2D eigenvalue weighted by Crippen LogP contribution is 2.26. The summed E-state index contributed by atoms with van der Waals surface area (Å²) in [4.78, 5) is 22.7. The van der Waals surface area contributed by atoms with E-state index in [0.717, 1.165) is 25.7 Å². The second kappa shape index (κ2) is 6.36. The van der Waals surface area contributed by atoms with Gasteiger partial charge in [0.05, 0.1) is 4.92 Å². The van der Waals surface area contributed by atoms with Crippen molar-refractivity contribution in [3.63, 3.8) is 0 Å². The van der Waals surface area contributed by atoms with Crippen LogP contribution < -0.4 is 10.6 Å². The van der Waals surface area contributed by atoms with Gasteiger partial charge < -0.3 is 10.6 Å². The highest BCUT2D eigenvalue weighted by atomic mass is 16.6. The van der Waals surface area contributed by atoms with Gasteiger partial charge >= 0.3 is 0 Å².